The van der Waals surface area contributed by atoms with Crippen molar-refractivity contribution in [2.75, 3.05) is 6.54 Å². The monoisotopic (exact) mass is 347 g/mol. The SMILES string of the molecule is CC(=O)NCCCCc1ccc(-c2ncc(COC(N)=O)s2)cc1. The molecule has 0 saturated heterocycles. The topological polar surface area (TPSA) is 94.3 Å². The molecule has 1 aromatic carbocycles. The number of hydrogen-bond acceptors (Lipinski definition) is 5. The first-order valence-electron chi connectivity index (χ1n) is 7.75. The molecule has 0 atom stereocenters. The molecule has 2 amide bonds. The van der Waals surface area contributed by atoms with Crippen LogP contribution in [0.5, 0.6) is 0 Å². The molecule has 0 aliphatic rings. The number of aryl methyl sites for hydroxylation is 1. The summed E-state index contributed by atoms with van der Waals surface area (Å²) in [4.78, 5) is 26.6. The number of unbranched alkanes of at least 4 members (excludes halogenated alkanes) is 1. The molecule has 2 aromatic rings. The van der Waals surface area contributed by atoms with E-state index in [-0.39, 0.29) is 12.5 Å². The van der Waals surface area contributed by atoms with Crippen molar-refractivity contribution in [3.8, 4) is 10.6 Å². The third-order valence-corrected chi connectivity index (χ3v) is 4.40. The molecule has 0 aliphatic heterocycles. The highest BCUT2D eigenvalue weighted by Gasteiger charge is 2.06. The largest absolute Gasteiger partial charge is 0.444 e. The summed E-state index contributed by atoms with van der Waals surface area (Å²) in [5, 5.41) is 3.68. The molecule has 24 heavy (non-hydrogen) atoms. The van der Waals surface area contributed by atoms with E-state index < -0.39 is 6.09 Å². The van der Waals surface area contributed by atoms with Crippen LogP contribution in [-0.4, -0.2) is 23.5 Å². The second-order valence-corrected chi connectivity index (χ2v) is 6.49. The second-order valence-electron chi connectivity index (χ2n) is 5.38. The van der Waals surface area contributed by atoms with Gasteiger partial charge in [0, 0.05) is 25.2 Å². The van der Waals surface area contributed by atoms with Gasteiger partial charge in [-0.3, -0.25) is 4.79 Å². The van der Waals surface area contributed by atoms with Crippen LogP contribution >= 0.6 is 11.3 Å². The van der Waals surface area contributed by atoms with Crippen molar-refractivity contribution in [1.29, 1.82) is 0 Å². The van der Waals surface area contributed by atoms with Gasteiger partial charge >= 0.3 is 6.09 Å². The van der Waals surface area contributed by atoms with Gasteiger partial charge in [-0.05, 0) is 24.8 Å². The zero-order valence-electron chi connectivity index (χ0n) is 13.6. The maximum Gasteiger partial charge on any atom is 0.404 e. The van der Waals surface area contributed by atoms with Gasteiger partial charge in [0.1, 0.15) is 11.6 Å². The zero-order valence-corrected chi connectivity index (χ0v) is 14.4. The lowest BCUT2D eigenvalue weighted by Gasteiger charge is -2.04. The number of amides is 2. The van der Waals surface area contributed by atoms with Gasteiger partial charge in [-0.25, -0.2) is 9.78 Å². The molecule has 0 bridgehead atoms. The maximum atomic E-state index is 10.8. The van der Waals surface area contributed by atoms with Crippen LogP contribution in [0.25, 0.3) is 10.6 Å². The molecule has 7 heteroatoms. The third kappa shape index (κ3) is 6.00. The molecule has 2 rings (SSSR count). The van der Waals surface area contributed by atoms with E-state index in [0.29, 0.717) is 0 Å². The van der Waals surface area contributed by atoms with Gasteiger partial charge in [0.2, 0.25) is 5.91 Å². The molecule has 0 radical (unpaired) electrons. The van der Waals surface area contributed by atoms with Crippen LogP contribution in [-0.2, 0) is 22.6 Å². The van der Waals surface area contributed by atoms with E-state index in [2.05, 4.69) is 22.4 Å². The minimum atomic E-state index is -0.784. The number of hydrogen-bond donors (Lipinski definition) is 2. The molecule has 1 heterocycles. The van der Waals surface area contributed by atoms with Crippen molar-refractivity contribution in [2.24, 2.45) is 5.73 Å². The lowest BCUT2D eigenvalue weighted by Crippen LogP contribution is -2.20. The highest BCUT2D eigenvalue weighted by Crippen LogP contribution is 2.26. The molecule has 0 fully saturated rings. The minimum absolute atomic E-state index is 0.0170. The summed E-state index contributed by atoms with van der Waals surface area (Å²) in [5.74, 6) is 0.0170. The van der Waals surface area contributed by atoms with Crippen molar-refractivity contribution >= 4 is 23.3 Å². The molecule has 0 saturated carbocycles. The lowest BCUT2D eigenvalue weighted by molar-refractivity contribution is -0.118. The summed E-state index contributed by atoms with van der Waals surface area (Å²) < 4.78 is 4.76. The Morgan fingerprint density at radius 3 is 2.67 bits per heavy atom. The van der Waals surface area contributed by atoms with E-state index in [1.54, 1.807) is 6.20 Å². The Hall–Kier alpha value is -2.41. The summed E-state index contributed by atoms with van der Waals surface area (Å²) in [5.41, 5.74) is 7.25. The highest BCUT2D eigenvalue weighted by molar-refractivity contribution is 7.15. The molecule has 0 unspecified atom stereocenters. The maximum absolute atomic E-state index is 10.8. The molecule has 6 nitrogen and oxygen atoms in total. The number of thiazole rings is 1. The van der Waals surface area contributed by atoms with Gasteiger partial charge in [0.05, 0.1) is 4.88 Å². The molecule has 0 aliphatic carbocycles. The van der Waals surface area contributed by atoms with Crippen molar-refractivity contribution in [1.82, 2.24) is 10.3 Å². The standard InChI is InChI=1S/C17H21N3O3S/c1-12(21)19-9-3-2-4-13-5-7-14(8-6-13)16-20-10-15(24-16)11-23-17(18)22/h5-8,10H,2-4,9,11H2,1H3,(H2,18,22)(H,19,21). The van der Waals surface area contributed by atoms with Crippen LogP contribution in [0.1, 0.15) is 30.2 Å². The first-order valence-corrected chi connectivity index (χ1v) is 8.57. The number of ether oxygens (including phenoxy) is 1. The van der Waals surface area contributed by atoms with Gasteiger partial charge in [-0.15, -0.1) is 11.3 Å². The van der Waals surface area contributed by atoms with Gasteiger partial charge in [0.15, 0.2) is 0 Å². The van der Waals surface area contributed by atoms with Crippen LogP contribution in [0.3, 0.4) is 0 Å². The number of benzene rings is 1. The van der Waals surface area contributed by atoms with Crippen LogP contribution < -0.4 is 11.1 Å². The normalized spacial score (nSPS) is 10.4. The molecule has 128 valence electrons. The second kappa shape index (κ2) is 9.02. The Bertz CT molecular complexity index is 683. The highest BCUT2D eigenvalue weighted by atomic mass is 32.1. The smallest absolute Gasteiger partial charge is 0.404 e. The van der Waals surface area contributed by atoms with E-state index in [1.165, 1.54) is 23.8 Å². The third-order valence-electron chi connectivity index (χ3n) is 3.38. The Morgan fingerprint density at radius 2 is 2.00 bits per heavy atom. The van der Waals surface area contributed by atoms with Crippen molar-refractivity contribution < 1.29 is 14.3 Å². The van der Waals surface area contributed by atoms with Gasteiger partial charge in [-0.2, -0.15) is 0 Å². The number of primary amides is 1. The van der Waals surface area contributed by atoms with Gasteiger partial charge < -0.3 is 15.8 Å². The fourth-order valence-corrected chi connectivity index (χ4v) is 3.01. The number of nitrogens with one attached hydrogen (secondary N) is 1. The Labute approximate surface area is 145 Å². The average molecular weight is 347 g/mol. The van der Waals surface area contributed by atoms with E-state index in [9.17, 15) is 9.59 Å². The molecular formula is C17H21N3O3S. The molecule has 0 spiro atoms. The summed E-state index contributed by atoms with van der Waals surface area (Å²) in [7, 11) is 0. The number of nitrogens with two attached hydrogens (primary N) is 1. The molecule has 3 N–H and O–H groups in total. The van der Waals surface area contributed by atoms with Crippen LogP contribution in [0.4, 0.5) is 4.79 Å². The predicted molar refractivity (Wildman–Crippen MR) is 93.5 cm³/mol. The zero-order chi connectivity index (χ0) is 17.4. The fraction of sp³-hybridized carbons (Fsp3) is 0.353. The summed E-state index contributed by atoms with van der Waals surface area (Å²) in [6.45, 7) is 2.41. The van der Waals surface area contributed by atoms with Crippen LogP contribution in [0.2, 0.25) is 0 Å². The number of carbonyl (C=O) groups excluding carboxylic acids is 2. The van der Waals surface area contributed by atoms with E-state index in [0.717, 1.165) is 41.3 Å². The Balaban J connectivity index is 1.83. The van der Waals surface area contributed by atoms with E-state index in [1.807, 2.05) is 12.1 Å². The van der Waals surface area contributed by atoms with Gasteiger partial charge in [0.25, 0.3) is 0 Å². The van der Waals surface area contributed by atoms with Crippen molar-refractivity contribution in [3.05, 3.63) is 40.9 Å². The Morgan fingerprint density at radius 1 is 1.25 bits per heavy atom. The van der Waals surface area contributed by atoms with Crippen molar-refractivity contribution in [2.45, 2.75) is 32.8 Å². The fourth-order valence-electron chi connectivity index (χ4n) is 2.18. The summed E-state index contributed by atoms with van der Waals surface area (Å²) in [6.07, 6.45) is 3.89. The Kier molecular flexibility index (Phi) is 6.74. The lowest BCUT2D eigenvalue weighted by atomic mass is 10.1. The van der Waals surface area contributed by atoms with Crippen molar-refractivity contribution in [3.63, 3.8) is 0 Å². The quantitative estimate of drug-likeness (QED) is 0.718. The molecular weight excluding hydrogens is 326 g/mol. The average Bonchev–Trinajstić information content (AvgIpc) is 3.02. The minimum Gasteiger partial charge on any atom is -0.444 e. The first kappa shape index (κ1) is 17.9. The van der Waals surface area contributed by atoms with Crippen LogP contribution in [0.15, 0.2) is 30.5 Å². The summed E-state index contributed by atoms with van der Waals surface area (Å²) in [6, 6.07) is 8.27. The van der Waals surface area contributed by atoms with Crippen LogP contribution in [0, 0.1) is 0 Å². The number of rotatable bonds is 8. The van der Waals surface area contributed by atoms with E-state index >= 15 is 0 Å². The number of carbonyl (C=O) groups is 2. The first-order chi connectivity index (χ1) is 11.5. The molecule has 1 aromatic heterocycles. The number of aromatic nitrogens is 1. The summed E-state index contributed by atoms with van der Waals surface area (Å²) >= 11 is 1.48. The van der Waals surface area contributed by atoms with E-state index in [4.69, 9.17) is 10.5 Å². The number of nitrogens with zero attached hydrogens (tertiary/aromatic N) is 1. The predicted octanol–water partition coefficient (Wildman–Crippen LogP) is 2.86. The van der Waals surface area contributed by atoms with Gasteiger partial charge in [-0.1, -0.05) is 24.3 Å².